The van der Waals surface area contributed by atoms with Gasteiger partial charge in [0.1, 0.15) is 18.8 Å². The van der Waals surface area contributed by atoms with Crippen molar-refractivity contribution >= 4 is 0 Å². The summed E-state index contributed by atoms with van der Waals surface area (Å²) < 4.78 is 40.6. The smallest absolute Gasteiger partial charge is 0.394 e. The van der Waals surface area contributed by atoms with Gasteiger partial charge < -0.3 is 20.1 Å². The quantitative estimate of drug-likeness (QED) is 0.519. The normalized spacial score (nSPS) is 41.1. The van der Waals surface area contributed by atoms with E-state index in [1.165, 1.54) is 0 Å². The maximum absolute atomic E-state index is 12.1. The van der Waals surface area contributed by atoms with Crippen LogP contribution in [0.5, 0.6) is 0 Å². The van der Waals surface area contributed by atoms with E-state index in [-0.39, 0.29) is 6.61 Å². The molecule has 0 unspecified atom stereocenters. The molecule has 1 aliphatic rings. The fourth-order valence-corrected chi connectivity index (χ4v) is 0.996. The van der Waals surface area contributed by atoms with Gasteiger partial charge in [-0.2, -0.15) is 13.2 Å². The first-order valence-electron chi connectivity index (χ1n) is 3.41. The average molecular weight is 201 g/mol. The zero-order chi connectivity index (χ0) is 10.3. The van der Waals surface area contributed by atoms with Crippen LogP contribution < -0.4 is 0 Å². The highest BCUT2D eigenvalue weighted by Crippen LogP contribution is 2.41. The molecular weight excluding hydrogens is 193 g/mol. The minimum atomic E-state index is -5.02. The molecule has 0 aromatic rings. The van der Waals surface area contributed by atoms with Gasteiger partial charge >= 0.3 is 6.18 Å². The molecule has 0 aliphatic carbocycles. The molecule has 4 nitrogen and oxygen atoms in total. The van der Waals surface area contributed by atoms with Gasteiger partial charge in [-0.1, -0.05) is 0 Å². The van der Waals surface area contributed by atoms with Crippen LogP contribution in [0.1, 0.15) is 0 Å². The molecule has 13 heavy (non-hydrogen) atoms. The molecule has 0 aromatic heterocycles. The Labute approximate surface area is 71.6 Å². The Morgan fingerprint density at radius 1 is 1.46 bits per heavy atom. The van der Waals surface area contributed by atoms with Crippen molar-refractivity contribution in [1.82, 2.24) is 0 Å². The summed E-state index contributed by atoms with van der Waals surface area (Å²) in [7, 11) is 0. The van der Waals surface area contributed by atoms with E-state index in [1.807, 2.05) is 0 Å². The summed E-state index contributed by atoms with van der Waals surface area (Å²) in [5, 5.41) is 26.3. The molecule has 1 heterocycles. The van der Waals surface area contributed by atoms with Gasteiger partial charge in [-0.3, -0.25) is 0 Å². The molecule has 0 spiro atoms. The molecule has 7 heteroatoms. The molecule has 0 saturated carbocycles. The molecule has 1 fully saturated rings. The third kappa shape index (κ3) is 1.52. The molecule has 0 aromatic carbocycles. The summed E-state index contributed by atoms with van der Waals surface area (Å²) >= 11 is 0. The van der Waals surface area contributed by atoms with Crippen LogP contribution in [0.4, 0.5) is 13.2 Å². The number of hydrogen-bond acceptors (Lipinski definition) is 4. The topological polar surface area (TPSA) is 69.9 Å². The average Bonchev–Trinajstić information content (AvgIpc) is 2.29. The molecule has 3 N–H and O–H groups in total. The van der Waals surface area contributed by atoms with Crippen molar-refractivity contribution < 1.29 is 33.2 Å². The predicted molar refractivity (Wildman–Crippen MR) is 33.3 cm³/mol. The van der Waals surface area contributed by atoms with Crippen molar-refractivity contribution in [3.05, 3.63) is 6.61 Å². The Bertz CT molecular complexity index is 195. The Morgan fingerprint density at radius 3 is 2.23 bits per heavy atom. The maximum atomic E-state index is 12.1. The predicted octanol–water partition coefficient (Wildman–Crippen LogP) is -0.806. The molecular formula is C6H8F3O4. The Hall–Kier alpha value is -0.370. The molecule has 1 radical (unpaired) electrons. The molecule has 1 aliphatic heterocycles. The Kier molecular flexibility index (Phi) is 2.54. The SMILES string of the molecule is OC[C@H]1O[CH][C@@](O)(C(F)(F)F)[C@@H]1O. The van der Waals surface area contributed by atoms with Crippen molar-refractivity contribution in [1.29, 1.82) is 0 Å². The summed E-state index contributed by atoms with van der Waals surface area (Å²) in [5.41, 5.74) is -3.39. The van der Waals surface area contributed by atoms with E-state index in [0.717, 1.165) is 0 Å². The van der Waals surface area contributed by atoms with Crippen molar-refractivity contribution in [2.24, 2.45) is 0 Å². The van der Waals surface area contributed by atoms with Crippen LogP contribution in [0.2, 0.25) is 0 Å². The van der Waals surface area contributed by atoms with Crippen molar-refractivity contribution in [3.8, 4) is 0 Å². The van der Waals surface area contributed by atoms with Crippen LogP contribution in [0.25, 0.3) is 0 Å². The summed E-state index contributed by atoms with van der Waals surface area (Å²) in [5.74, 6) is 0. The summed E-state index contributed by atoms with van der Waals surface area (Å²) in [6.45, 7) is -0.700. The van der Waals surface area contributed by atoms with Gasteiger partial charge in [-0.15, -0.1) is 0 Å². The second-order valence-corrected chi connectivity index (χ2v) is 2.74. The van der Waals surface area contributed by atoms with Gasteiger partial charge in [0.2, 0.25) is 5.60 Å². The van der Waals surface area contributed by atoms with E-state index in [0.29, 0.717) is 0 Å². The van der Waals surface area contributed by atoms with Crippen LogP contribution in [0, 0.1) is 6.61 Å². The number of halogens is 3. The van der Waals surface area contributed by atoms with Gasteiger partial charge in [0.25, 0.3) is 0 Å². The lowest BCUT2D eigenvalue weighted by Gasteiger charge is -2.27. The zero-order valence-corrected chi connectivity index (χ0v) is 6.32. The second-order valence-electron chi connectivity index (χ2n) is 2.74. The lowest BCUT2D eigenvalue weighted by atomic mass is 9.96. The first-order valence-corrected chi connectivity index (χ1v) is 3.41. The highest BCUT2D eigenvalue weighted by molar-refractivity contribution is 5.08. The first kappa shape index (κ1) is 10.7. The summed E-state index contributed by atoms with van der Waals surface area (Å²) in [6.07, 6.45) is -8.65. The van der Waals surface area contributed by atoms with Crippen LogP contribution in [0.15, 0.2) is 0 Å². The van der Waals surface area contributed by atoms with Crippen molar-refractivity contribution in [2.45, 2.75) is 24.0 Å². The minimum absolute atomic E-state index is 0.0958. The van der Waals surface area contributed by atoms with Gasteiger partial charge in [-0.25, -0.2) is 0 Å². The molecule has 3 atom stereocenters. The monoisotopic (exact) mass is 201 g/mol. The lowest BCUT2D eigenvalue weighted by Crippen LogP contribution is -2.54. The van der Waals surface area contributed by atoms with E-state index in [9.17, 15) is 13.2 Å². The Balaban J connectivity index is 2.83. The van der Waals surface area contributed by atoms with E-state index < -0.39 is 30.6 Å². The van der Waals surface area contributed by atoms with E-state index in [1.54, 1.807) is 0 Å². The Morgan fingerprint density at radius 2 is 2.00 bits per heavy atom. The number of hydrogen-bond donors (Lipinski definition) is 3. The van der Waals surface area contributed by atoms with E-state index >= 15 is 0 Å². The highest BCUT2D eigenvalue weighted by Gasteiger charge is 2.64. The van der Waals surface area contributed by atoms with Crippen LogP contribution in [-0.4, -0.2) is 45.9 Å². The summed E-state index contributed by atoms with van der Waals surface area (Å²) in [6, 6.07) is 0. The molecule has 0 amide bonds. The maximum Gasteiger partial charge on any atom is 0.422 e. The van der Waals surface area contributed by atoms with Crippen LogP contribution >= 0.6 is 0 Å². The van der Waals surface area contributed by atoms with Crippen LogP contribution in [-0.2, 0) is 4.74 Å². The van der Waals surface area contributed by atoms with Crippen molar-refractivity contribution in [3.63, 3.8) is 0 Å². The molecule has 77 valence electrons. The third-order valence-corrected chi connectivity index (χ3v) is 1.86. The first-order chi connectivity index (χ1) is 5.83. The number of aliphatic hydroxyl groups excluding tert-OH is 2. The molecule has 1 saturated heterocycles. The highest BCUT2D eigenvalue weighted by atomic mass is 19.4. The minimum Gasteiger partial charge on any atom is -0.394 e. The third-order valence-electron chi connectivity index (χ3n) is 1.86. The fraction of sp³-hybridized carbons (Fsp3) is 0.833. The number of aliphatic hydroxyl groups is 3. The van der Waals surface area contributed by atoms with Gasteiger partial charge in [0.05, 0.1) is 6.61 Å². The van der Waals surface area contributed by atoms with Gasteiger partial charge in [-0.05, 0) is 0 Å². The van der Waals surface area contributed by atoms with E-state index in [4.69, 9.17) is 15.3 Å². The zero-order valence-electron chi connectivity index (χ0n) is 6.32. The largest absolute Gasteiger partial charge is 0.422 e. The summed E-state index contributed by atoms with van der Waals surface area (Å²) in [4.78, 5) is 0. The van der Waals surface area contributed by atoms with Gasteiger partial charge in [0.15, 0.2) is 0 Å². The number of rotatable bonds is 1. The second kappa shape index (κ2) is 3.09. The van der Waals surface area contributed by atoms with Crippen molar-refractivity contribution in [2.75, 3.05) is 6.61 Å². The fourth-order valence-electron chi connectivity index (χ4n) is 0.996. The molecule has 1 rings (SSSR count). The number of ether oxygens (including phenoxy) is 1. The number of alkyl halides is 3. The van der Waals surface area contributed by atoms with Gasteiger partial charge in [0, 0.05) is 0 Å². The standard InChI is InChI=1S/C6H8F3O4/c7-6(8,9)5(12)2-13-3(1-10)4(5)11/h2-4,10-12H,1H2/t3-,4-,5+/m1/s1. The molecule has 0 bridgehead atoms. The van der Waals surface area contributed by atoms with Crippen LogP contribution in [0.3, 0.4) is 0 Å². The lowest BCUT2D eigenvalue weighted by molar-refractivity contribution is -0.270. The van der Waals surface area contributed by atoms with E-state index in [2.05, 4.69) is 4.74 Å².